The van der Waals surface area contributed by atoms with E-state index in [0.717, 1.165) is 18.5 Å². The van der Waals surface area contributed by atoms with Crippen LogP contribution in [0.2, 0.25) is 0 Å². The molecular weight excluding hydrogens is 421 g/mol. The topological polar surface area (TPSA) is 79.3 Å². The molecule has 8 nitrogen and oxygen atoms in total. The molecule has 3 aromatic rings. The molecule has 1 aliphatic rings. The number of aromatic nitrogens is 4. The van der Waals surface area contributed by atoms with Crippen molar-refractivity contribution in [2.75, 3.05) is 36.3 Å². The number of halogens is 1. The van der Waals surface area contributed by atoms with E-state index in [9.17, 15) is 4.39 Å². The Bertz CT molecular complexity index is 1060. The molecule has 1 fully saturated rings. The zero-order chi connectivity index (χ0) is 23.2. The molecule has 33 heavy (non-hydrogen) atoms. The van der Waals surface area contributed by atoms with Crippen molar-refractivity contribution in [3.8, 4) is 5.75 Å². The van der Waals surface area contributed by atoms with Crippen LogP contribution >= 0.6 is 0 Å². The minimum atomic E-state index is -0.443. The quantitative estimate of drug-likeness (QED) is 0.498. The van der Waals surface area contributed by atoms with E-state index in [0.29, 0.717) is 29.6 Å². The fourth-order valence-electron chi connectivity index (χ4n) is 3.99. The average molecular weight is 452 g/mol. The zero-order valence-electron chi connectivity index (χ0n) is 19.3. The molecule has 0 saturated heterocycles. The molecule has 174 valence electrons. The molecule has 0 amide bonds. The average Bonchev–Trinajstić information content (AvgIpc) is 3.12. The summed E-state index contributed by atoms with van der Waals surface area (Å²) >= 11 is 0. The van der Waals surface area contributed by atoms with Crippen LogP contribution in [0.3, 0.4) is 0 Å². The summed E-state index contributed by atoms with van der Waals surface area (Å²) in [5.74, 6) is 1.17. The van der Waals surface area contributed by atoms with Crippen molar-refractivity contribution in [1.82, 2.24) is 19.9 Å². The van der Waals surface area contributed by atoms with Gasteiger partial charge in [0.05, 0.1) is 7.11 Å². The van der Waals surface area contributed by atoms with Crippen molar-refractivity contribution < 1.29 is 9.13 Å². The van der Waals surface area contributed by atoms with Crippen molar-refractivity contribution in [3.63, 3.8) is 0 Å². The van der Waals surface area contributed by atoms with Crippen molar-refractivity contribution in [2.45, 2.75) is 44.6 Å². The van der Waals surface area contributed by atoms with Gasteiger partial charge in [-0.05, 0) is 37.1 Å². The maximum absolute atomic E-state index is 14.4. The van der Waals surface area contributed by atoms with Crippen LogP contribution in [0.4, 0.5) is 33.6 Å². The second-order valence-corrected chi connectivity index (χ2v) is 8.23. The Labute approximate surface area is 193 Å². The summed E-state index contributed by atoms with van der Waals surface area (Å²) in [5.41, 5.74) is 1.51. The molecule has 1 aromatic carbocycles. The minimum Gasteiger partial charge on any atom is -0.494 e. The lowest BCUT2D eigenvalue weighted by Gasteiger charge is -2.23. The van der Waals surface area contributed by atoms with E-state index in [2.05, 4.69) is 20.3 Å². The number of nitrogens with zero attached hydrogens (tertiary/aromatic N) is 6. The van der Waals surface area contributed by atoms with Crippen molar-refractivity contribution >= 4 is 29.2 Å². The van der Waals surface area contributed by atoms with Gasteiger partial charge in [-0.25, -0.2) is 4.39 Å². The van der Waals surface area contributed by atoms with E-state index < -0.39 is 5.82 Å². The molecule has 1 aliphatic carbocycles. The first kappa shape index (κ1) is 22.7. The maximum Gasteiger partial charge on any atom is 0.236 e. The lowest BCUT2D eigenvalue weighted by atomic mass is 10.1. The normalized spacial score (nSPS) is 14.4. The highest BCUT2D eigenvalue weighted by Crippen LogP contribution is 2.29. The Balaban J connectivity index is 1.69. The predicted molar refractivity (Wildman–Crippen MR) is 128 cm³/mol. The molecule has 0 spiro atoms. The highest BCUT2D eigenvalue weighted by atomic mass is 19.1. The first-order valence-electron chi connectivity index (χ1n) is 11.3. The van der Waals surface area contributed by atoms with Crippen molar-refractivity contribution in [3.05, 3.63) is 48.5 Å². The summed E-state index contributed by atoms with van der Waals surface area (Å²) in [6.45, 7) is 0. The third kappa shape index (κ3) is 5.47. The smallest absolute Gasteiger partial charge is 0.236 e. The number of rotatable bonds is 7. The number of methoxy groups -OCH3 is 1. The van der Waals surface area contributed by atoms with Gasteiger partial charge in [-0.1, -0.05) is 25.7 Å². The molecule has 2 aromatic heterocycles. The van der Waals surface area contributed by atoms with Gasteiger partial charge < -0.3 is 19.9 Å². The van der Waals surface area contributed by atoms with Crippen molar-refractivity contribution in [1.29, 1.82) is 0 Å². The molecule has 0 atom stereocenters. The number of hydrogen-bond acceptors (Lipinski definition) is 8. The van der Waals surface area contributed by atoms with E-state index >= 15 is 0 Å². The van der Waals surface area contributed by atoms with Gasteiger partial charge >= 0.3 is 0 Å². The molecule has 1 saturated carbocycles. The van der Waals surface area contributed by atoms with Crippen molar-refractivity contribution in [2.24, 2.45) is 0 Å². The fraction of sp³-hybridized carbons (Fsp3) is 0.417. The number of hydrogen-bond donors (Lipinski definition) is 1. The summed E-state index contributed by atoms with van der Waals surface area (Å²) < 4.78 is 19.4. The highest BCUT2D eigenvalue weighted by molar-refractivity contribution is 5.62. The molecule has 1 N–H and O–H groups in total. The maximum atomic E-state index is 14.4. The number of pyridine rings is 1. The SMILES string of the molecule is COc1ccc(N(C)c2nc(NC3CCCCCC3)nc(N(C)c3ccncc3)n2)cc1F. The molecule has 0 aliphatic heterocycles. The van der Waals surface area contributed by atoms with Gasteiger partial charge in [-0.15, -0.1) is 0 Å². The highest BCUT2D eigenvalue weighted by Gasteiger charge is 2.19. The van der Waals surface area contributed by atoms with Gasteiger partial charge in [0.15, 0.2) is 11.6 Å². The first-order chi connectivity index (χ1) is 16.0. The summed E-state index contributed by atoms with van der Waals surface area (Å²) in [5, 5.41) is 3.52. The largest absolute Gasteiger partial charge is 0.494 e. The Kier molecular flexibility index (Phi) is 7.16. The summed E-state index contributed by atoms with van der Waals surface area (Å²) in [6, 6.07) is 8.89. The molecule has 4 rings (SSSR count). The predicted octanol–water partition coefficient (Wildman–Crippen LogP) is 5.08. The Hall–Kier alpha value is -3.49. The molecule has 0 unspecified atom stereocenters. The number of nitrogens with one attached hydrogen (secondary N) is 1. The zero-order valence-corrected chi connectivity index (χ0v) is 19.3. The minimum absolute atomic E-state index is 0.191. The summed E-state index contributed by atoms with van der Waals surface area (Å²) in [7, 11) is 5.15. The van der Waals surface area contributed by atoms with Crippen LogP contribution in [-0.2, 0) is 0 Å². The Morgan fingerprint density at radius 3 is 2.12 bits per heavy atom. The lowest BCUT2D eigenvalue weighted by Crippen LogP contribution is -2.24. The van der Waals surface area contributed by atoms with E-state index in [-0.39, 0.29) is 5.75 Å². The summed E-state index contributed by atoms with van der Waals surface area (Å²) in [6.07, 6.45) is 10.6. The second kappa shape index (κ2) is 10.4. The van der Waals surface area contributed by atoms with Crippen LogP contribution in [-0.4, -0.2) is 47.2 Å². The Morgan fingerprint density at radius 1 is 0.879 bits per heavy atom. The van der Waals surface area contributed by atoms with Gasteiger partial charge in [0.1, 0.15) is 0 Å². The van der Waals surface area contributed by atoms with E-state index in [1.54, 1.807) is 29.4 Å². The van der Waals surface area contributed by atoms with E-state index in [4.69, 9.17) is 9.72 Å². The third-order valence-electron chi connectivity index (χ3n) is 5.97. The van der Waals surface area contributed by atoms with Gasteiger partial charge in [0, 0.05) is 50.0 Å². The van der Waals surface area contributed by atoms with Crippen LogP contribution in [0.15, 0.2) is 42.7 Å². The first-order valence-corrected chi connectivity index (χ1v) is 11.3. The van der Waals surface area contributed by atoms with Gasteiger partial charge in [0.25, 0.3) is 0 Å². The van der Waals surface area contributed by atoms with Crippen LogP contribution in [0.5, 0.6) is 5.75 Å². The monoisotopic (exact) mass is 451 g/mol. The van der Waals surface area contributed by atoms with Gasteiger partial charge in [-0.3, -0.25) is 4.98 Å². The third-order valence-corrected chi connectivity index (χ3v) is 5.97. The van der Waals surface area contributed by atoms with E-state index in [1.807, 2.05) is 31.1 Å². The van der Waals surface area contributed by atoms with Crippen LogP contribution in [0.1, 0.15) is 38.5 Å². The van der Waals surface area contributed by atoms with Crippen LogP contribution in [0, 0.1) is 5.82 Å². The summed E-state index contributed by atoms with van der Waals surface area (Å²) in [4.78, 5) is 21.8. The van der Waals surface area contributed by atoms with Gasteiger partial charge in [0.2, 0.25) is 17.8 Å². The molecular formula is C24H30FN7O. The van der Waals surface area contributed by atoms with Gasteiger partial charge in [-0.2, -0.15) is 15.0 Å². The number of anilines is 5. The van der Waals surface area contributed by atoms with Crippen LogP contribution in [0.25, 0.3) is 0 Å². The fourth-order valence-corrected chi connectivity index (χ4v) is 3.99. The second-order valence-electron chi connectivity index (χ2n) is 8.23. The Morgan fingerprint density at radius 2 is 1.52 bits per heavy atom. The molecule has 0 bridgehead atoms. The number of benzene rings is 1. The molecule has 2 heterocycles. The molecule has 0 radical (unpaired) electrons. The number of ether oxygens (including phenoxy) is 1. The van der Waals surface area contributed by atoms with E-state index in [1.165, 1.54) is 38.9 Å². The standard InChI is InChI=1S/C24H30FN7O/c1-31(18-12-14-26-15-13-18)23-28-22(27-17-8-6-4-5-7-9-17)29-24(30-23)32(2)19-10-11-21(33-3)20(25)16-19/h10-17H,4-9H2,1-3H3,(H,27,28,29,30). The lowest BCUT2D eigenvalue weighted by molar-refractivity contribution is 0.386. The van der Waals surface area contributed by atoms with Crippen LogP contribution < -0.4 is 19.9 Å². The molecule has 9 heteroatoms.